The molecule has 2 aromatic rings. The molecule has 1 aromatic carbocycles. The van der Waals surface area contributed by atoms with Crippen LogP contribution < -0.4 is 10.1 Å². The van der Waals surface area contributed by atoms with Gasteiger partial charge in [-0.05, 0) is 32.9 Å². The van der Waals surface area contributed by atoms with Crippen LogP contribution in [-0.4, -0.2) is 15.6 Å². The number of aromatic nitrogens is 1. The first-order valence-corrected chi connectivity index (χ1v) is 7.05. The minimum absolute atomic E-state index is 0.0239. The van der Waals surface area contributed by atoms with Crippen LogP contribution in [0, 0.1) is 0 Å². The van der Waals surface area contributed by atoms with Gasteiger partial charge in [0, 0.05) is 29.4 Å². The van der Waals surface area contributed by atoms with Gasteiger partial charge in [-0.15, -0.1) is 0 Å². The molecule has 0 saturated carbocycles. The molecule has 2 N–H and O–H groups in total. The van der Waals surface area contributed by atoms with Crippen LogP contribution in [0.1, 0.15) is 31.9 Å². The molecule has 2 rings (SSSR count). The second-order valence-corrected chi connectivity index (χ2v) is 5.94. The van der Waals surface area contributed by atoms with Crippen molar-refractivity contribution >= 4 is 0 Å². The zero-order chi connectivity index (χ0) is 15.3. The van der Waals surface area contributed by atoms with Crippen molar-refractivity contribution in [3.8, 4) is 11.6 Å². The van der Waals surface area contributed by atoms with Gasteiger partial charge in [-0.3, -0.25) is 0 Å². The number of rotatable bonds is 5. The molecule has 0 amide bonds. The van der Waals surface area contributed by atoms with Crippen LogP contribution in [-0.2, 0) is 13.2 Å². The van der Waals surface area contributed by atoms with Crippen molar-refractivity contribution in [1.82, 2.24) is 10.3 Å². The molecule has 0 atom stereocenters. The number of aliphatic hydroxyl groups excluding tert-OH is 1. The first-order valence-electron chi connectivity index (χ1n) is 7.05. The molecule has 0 aliphatic carbocycles. The van der Waals surface area contributed by atoms with Crippen LogP contribution in [0.25, 0.3) is 0 Å². The highest BCUT2D eigenvalue weighted by atomic mass is 16.5. The Kier molecular flexibility index (Phi) is 4.94. The molecule has 0 fully saturated rings. The number of hydrogen-bond acceptors (Lipinski definition) is 4. The van der Waals surface area contributed by atoms with Gasteiger partial charge in [-0.2, -0.15) is 0 Å². The van der Waals surface area contributed by atoms with E-state index in [2.05, 4.69) is 31.1 Å². The van der Waals surface area contributed by atoms with Gasteiger partial charge in [-0.1, -0.05) is 24.3 Å². The van der Waals surface area contributed by atoms with Crippen molar-refractivity contribution in [3.05, 3.63) is 53.7 Å². The highest BCUT2D eigenvalue weighted by Crippen LogP contribution is 2.26. The van der Waals surface area contributed by atoms with Crippen molar-refractivity contribution in [1.29, 1.82) is 0 Å². The lowest BCUT2D eigenvalue weighted by Gasteiger charge is -2.21. The van der Waals surface area contributed by atoms with Crippen molar-refractivity contribution < 1.29 is 9.84 Å². The van der Waals surface area contributed by atoms with Crippen LogP contribution in [0.2, 0.25) is 0 Å². The topological polar surface area (TPSA) is 54.4 Å². The Hall–Kier alpha value is -1.91. The molecule has 0 bridgehead atoms. The third-order valence-corrected chi connectivity index (χ3v) is 3.01. The van der Waals surface area contributed by atoms with Gasteiger partial charge in [-0.25, -0.2) is 4.98 Å². The third-order valence-electron chi connectivity index (χ3n) is 3.01. The average molecular weight is 286 g/mol. The summed E-state index contributed by atoms with van der Waals surface area (Å²) in [5.41, 5.74) is 1.76. The standard InChI is InChI=1S/C17H22N2O2/c1-17(2,3)19-11-13-8-6-10-18-16(13)21-15-9-5-4-7-14(15)12-20/h4-10,19-20H,11-12H2,1-3H3. The number of ether oxygens (including phenoxy) is 1. The predicted molar refractivity (Wildman–Crippen MR) is 83.3 cm³/mol. The van der Waals surface area contributed by atoms with E-state index in [9.17, 15) is 5.11 Å². The number of benzene rings is 1. The smallest absolute Gasteiger partial charge is 0.223 e. The lowest BCUT2D eigenvalue weighted by Crippen LogP contribution is -2.35. The number of nitrogens with zero attached hydrogens (tertiary/aromatic N) is 1. The highest BCUT2D eigenvalue weighted by Gasteiger charge is 2.13. The fraction of sp³-hybridized carbons (Fsp3) is 0.353. The van der Waals surface area contributed by atoms with Crippen LogP contribution in [0.5, 0.6) is 11.6 Å². The lowest BCUT2D eigenvalue weighted by atomic mass is 10.1. The molecular weight excluding hydrogens is 264 g/mol. The van der Waals surface area contributed by atoms with Crippen molar-refractivity contribution in [3.63, 3.8) is 0 Å². The normalized spacial score (nSPS) is 11.4. The largest absolute Gasteiger partial charge is 0.438 e. The van der Waals surface area contributed by atoms with E-state index in [-0.39, 0.29) is 12.1 Å². The number of hydrogen-bond donors (Lipinski definition) is 2. The van der Waals surface area contributed by atoms with Gasteiger partial charge >= 0.3 is 0 Å². The summed E-state index contributed by atoms with van der Waals surface area (Å²) in [5.74, 6) is 1.20. The van der Waals surface area contributed by atoms with Crippen molar-refractivity contribution in [2.24, 2.45) is 0 Å². The summed E-state index contributed by atoms with van der Waals surface area (Å²) < 4.78 is 5.89. The zero-order valence-corrected chi connectivity index (χ0v) is 12.8. The monoisotopic (exact) mass is 286 g/mol. The molecule has 0 aliphatic heterocycles. The molecule has 21 heavy (non-hydrogen) atoms. The molecule has 1 heterocycles. The molecule has 0 saturated heterocycles. The van der Waals surface area contributed by atoms with Gasteiger partial charge in [0.05, 0.1) is 6.61 Å². The summed E-state index contributed by atoms with van der Waals surface area (Å²) in [6, 6.07) is 11.3. The van der Waals surface area contributed by atoms with Crippen molar-refractivity contribution in [2.75, 3.05) is 0 Å². The quantitative estimate of drug-likeness (QED) is 0.886. The van der Waals surface area contributed by atoms with E-state index in [4.69, 9.17) is 4.74 Å². The van der Waals surface area contributed by atoms with E-state index in [1.165, 1.54) is 0 Å². The van der Waals surface area contributed by atoms with E-state index in [0.717, 1.165) is 11.1 Å². The Labute approximate surface area is 125 Å². The summed E-state index contributed by atoms with van der Waals surface area (Å²) in [4.78, 5) is 4.31. The lowest BCUT2D eigenvalue weighted by molar-refractivity contribution is 0.276. The number of aliphatic hydroxyl groups is 1. The molecule has 1 aromatic heterocycles. The second kappa shape index (κ2) is 6.70. The molecule has 0 unspecified atom stereocenters. The van der Waals surface area contributed by atoms with Crippen LogP contribution in [0.15, 0.2) is 42.6 Å². The first-order chi connectivity index (χ1) is 9.99. The SMILES string of the molecule is CC(C)(C)NCc1cccnc1Oc1ccccc1CO. The Bertz CT molecular complexity index is 591. The molecule has 4 nitrogen and oxygen atoms in total. The van der Waals surface area contributed by atoms with Gasteiger partial charge in [0.15, 0.2) is 0 Å². The molecule has 0 radical (unpaired) electrons. The van der Waals surface area contributed by atoms with Gasteiger partial charge < -0.3 is 15.2 Å². The highest BCUT2D eigenvalue weighted by molar-refractivity contribution is 5.37. The van der Waals surface area contributed by atoms with Crippen molar-refractivity contribution in [2.45, 2.75) is 39.5 Å². The summed E-state index contributed by atoms with van der Waals surface area (Å²) in [6.07, 6.45) is 1.71. The summed E-state index contributed by atoms with van der Waals surface area (Å²) in [5, 5.41) is 12.8. The van der Waals surface area contributed by atoms with Crippen LogP contribution in [0.3, 0.4) is 0 Å². The van der Waals surface area contributed by atoms with Crippen LogP contribution >= 0.6 is 0 Å². The number of nitrogens with one attached hydrogen (secondary N) is 1. The minimum atomic E-state index is -0.0570. The first kappa shape index (κ1) is 15.5. The Morgan fingerprint density at radius 1 is 1.10 bits per heavy atom. The fourth-order valence-electron chi connectivity index (χ4n) is 1.85. The molecule has 0 aliphatic rings. The molecule has 0 spiro atoms. The van der Waals surface area contributed by atoms with E-state index in [0.29, 0.717) is 18.2 Å². The van der Waals surface area contributed by atoms with Crippen LogP contribution in [0.4, 0.5) is 0 Å². The van der Waals surface area contributed by atoms with Gasteiger partial charge in [0.2, 0.25) is 5.88 Å². The zero-order valence-electron chi connectivity index (χ0n) is 12.8. The Balaban J connectivity index is 2.20. The van der Waals surface area contributed by atoms with E-state index < -0.39 is 0 Å². The fourth-order valence-corrected chi connectivity index (χ4v) is 1.85. The maximum Gasteiger partial charge on any atom is 0.223 e. The average Bonchev–Trinajstić information content (AvgIpc) is 2.46. The number of pyridine rings is 1. The summed E-state index contributed by atoms with van der Waals surface area (Å²) in [7, 11) is 0. The van der Waals surface area contributed by atoms with E-state index in [1.807, 2.05) is 36.4 Å². The maximum atomic E-state index is 9.36. The molecule has 4 heteroatoms. The predicted octanol–water partition coefficient (Wildman–Crippen LogP) is 3.25. The second-order valence-electron chi connectivity index (χ2n) is 5.94. The Morgan fingerprint density at radius 2 is 1.81 bits per heavy atom. The van der Waals surface area contributed by atoms with E-state index >= 15 is 0 Å². The van der Waals surface area contributed by atoms with E-state index in [1.54, 1.807) is 6.20 Å². The van der Waals surface area contributed by atoms with Gasteiger partial charge in [0.25, 0.3) is 0 Å². The molecule has 112 valence electrons. The summed E-state index contributed by atoms with van der Waals surface area (Å²) in [6.45, 7) is 6.97. The van der Waals surface area contributed by atoms with Gasteiger partial charge in [0.1, 0.15) is 5.75 Å². The molecular formula is C17H22N2O2. The maximum absolute atomic E-state index is 9.36. The number of para-hydroxylation sites is 1. The summed E-state index contributed by atoms with van der Waals surface area (Å²) >= 11 is 0. The minimum Gasteiger partial charge on any atom is -0.438 e. The Morgan fingerprint density at radius 3 is 2.52 bits per heavy atom. The third kappa shape index (κ3) is 4.55.